The second kappa shape index (κ2) is 7.01. The van der Waals surface area contributed by atoms with Crippen LogP contribution in [0.4, 0.5) is 0 Å². The van der Waals surface area contributed by atoms with Crippen LogP contribution in [0.15, 0.2) is 61.2 Å². The third-order valence-corrected chi connectivity index (χ3v) is 3.61. The molecule has 1 atom stereocenters. The lowest BCUT2D eigenvalue weighted by atomic mass is 10.1. The lowest BCUT2D eigenvalue weighted by molar-refractivity contribution is -0.148. The van der Waals surface area contributed by atoms with Gasteiger partial charge in [-0.25, -0.2) is 0 Å². The monoisotopic (exact) mass is 310 g/mol. The Morgan fingerprint density at radius 3 is 2.74 bits per heavy atom. The highest BCUT2D eigenvalue weighted by Crippen LogP contribution is 2.35. The third-order valence-electron chi connectivity index (χ3n) is 3.61. The molecule has 1 heterocycles. The van der Waals surface area contributed by atoms with Gasteiger partial charge in [-0.2, -0.15) is 0 Å². The molecule has 0 radical (unpaired) electrons. The van der Waals surface area contributed by atoms with Gasteiger partial charge < -0.3 is 14.2 Å². The SMILES string of the molecule is C=CCC(OC(=O)Cc1ccccc1)c1ccc2c(c1)OCO2. The Balaban J connectivity index is 1.71. The van der Waals surface area contributed by atoms with E-state index in [1.807, 2.05) is 48.5 Å². The van der Waals surface area contributed by atoms with Crippen molar-refractivity contribution in [2.45, 2.75) is 18.9 Å². The van der Waals surface area contributed by atoms with Gasteiger partial charge in [-0.15, -0.1) is 6.58 Å². The first-order valence-corrected chi connectivity index (χ1v) is 7.50. The maximum Gasteiger partial charge on any atom is 0.310 e. The van der Waals surface area contributed by atoms with Crippen molar-refractivity contribution in [1.29, 1.82) is 0 Å². The summed E-state index contributed by atoms with van der Waals surface area (Å²) in [5.74, 6) is 1.12. The average Bonchev–Trinajstić information content (AvgIpc) is 3.03. The van der Waals surface area contributed by atoms with Crippen molar-refractivity contribution in [3.63, 3.8) is 0 Å². The fraction of sp³-hybridized carbons (Fsp3) is 0.211. The molecule has 118 valence electrons. The van der Waals surface area contributed by atoms with Gasteiger partial charge >= 0.3 is 5.97 Å². The summed E-state index contributed by atoms with van der Waals surface area (Å²) in [5.41, 5.74) is 1.80. The minimum absolute atomic E-state index is 0.221. The molecule has 2 aromatic rings. The van der Waals surface area contributed by atoms with Gasteiger partial charge in [0.25, 0.3) is 0 Å². The molecule has 0 amide bonds. The maximum absolute atomic E-state index is 12.2. The van der Waals surface area contributed by atoms with Gasteiger partial charge in [0.05, 0.1) is 6.42 Å². The molecular formula is C19H18O4. The molecule has 1 aliphatic rings. The predicted molar refractivity (Wildman–Crippen MR) is 86.4 cm³/mol. The van der Waals surface area contributed by atoms with Crippen molar-refractivity contribution < 1.29 is 19.0 Å². The molecule has 4 heteroatoms. The van der Waals surface area contributed by atoms with Gasteiger partial charge in [0.15, 0.2) is 11.5 Å². The first-order chi connectivity index (χ1) is 11.3. The molecular weight excluding hydrogens is 292 g/mol. The number of carbonyl (C=O) groups excluding carboxylic acids is 1. The molecule has 0 spiro atoms. The van der Waals surface area contributed by atoms with E-state index in [-0.39, 0.29) is 25.3 Å². The van der Waals surface area contributed by atoms with Crippen LogP contribution in [0.1, 0.15) is 23.7 Å². The molecule has 2 aromatic carbocycles. The second-order valence-corrected chi connectivity index (χ2v) is 5.28. The molecule has 0 bridgehead atoms. The summed E-state index contributed by atoms with van der Waals surface area (Å²) in [7, 11) is 0. The summed E-state index contributed by atoms with van der Waals surface area (Å²) in [6.45, 7) is 3.96. The molecule has 0 aliphatic carbocycles. The van der Waals surface area contributed by atoms with Crippen molar-refractivity contribution in [1.82, 2.24) is 0 Å². The molecule has 0 saturated carbocycles. The molecule has 1 unspecified atom stereocenters. The first kappa shape index (κ1) is 15.2. The lowest BCUT2D eigenvalue weighted by Gasteiger charge is -2.17. The van der Waals surface area contributed by atoms with Crippen LogP contribution < -0.4 is 9.47 Å². The van der Waals surface area contributed by atoms with Crippen LogP contribution in [-0.2, 0) is 16.0 Å². The molecule has 0 fully saturated rings. The van der Waals surface area contributed by atoms with E-state index in [0.717, 1.165) is 11.1 Å². The van der Waals surface area contributed by atoms with Gasteiger partial charge in [-0.3, -0.25) is 4.79 Å². The van der Waals surface area contributed by atoms with Gasteiger partial charge in [-0.1, -0.05) is 42.5 Å². The minimum atomic E-state index is -0.377. The van der Waals surface area contributed by atoms with E-state index in [1.165, 1.54) is 0 Å². The van der Waals surface area contributed by atoms with E-state index in [9.17, 15) is 4.79 Å². The maximum atomic E-state index is 12.2. The Kier molecular flexibility index (Phi) is 4.62. The third kappa shape index (κ3) is 3.72. The van der Waals surface area contributed by atoms with Crippen LogP contribution in [0.25, 0.3) is 0 Å². The Labute approximate surface area is 135 Å². The molecule has 1 aliphatic heterocycles. The number of rotatable bonds is 6. The molecule has 0 aromatic heterocycles. The average molecular weight is 310 g/mol. The van der Waals surface area contributed by atoms with Crippen molar-refractivity contribution in [2.24, 2.45) is 0 Å². The zero-order chi connectivity index (χ0) is 16.1. The number of hydrogen-bond acceptors (Lipinski definition) is 4. The topological polar surface area (TPSA) is 44.8 Å². The summed E-state index contributed by atoms with van der Waals surface area (Å²) in [6.07, 6.45) is 2.16. The Morgan fingerprint density at radius 1 is 1.17 bits per heavy atom. The summed E-state index contributed by atoms with van der Waals surface area (Å²) < 4.78 is 16.3. The predicted octanol–water partition coefficient (Wildman–Crippen LogP) is 3.82. The van der Waals surface area contributed by atoms with E-state index < -0.39 is 0 Å². The second-order valence-electron chi connectivity index (χ2n) is 5.28. The van der Waals surface area contributed by atoms with Crippen molar-refractivity contribution in [3.8, 4) is 11.5 Å². The van der Waals surface area contributed by atoms with Crippen molar-refractivity contribution in [3.05, 3.63) is 72.3 Å². The highest BCUT2D eigenvalue weighted by molar-refractivity contribution is 5.73. The number of ether oxygens (including phenoxy) is 3. The molecule has 3 rings (SSSR count). The van der Waals surface area contributed by atoms with Gasteiger partial charge in [-0.05, 0) is 23.3 Å². The molecule has 0 N–H and O–H groups in total. The number of carbonyl (C=O) groups is 1. The van der Waals surface area contributed by atoms with E-state index in [2.05, 4.69) is 6.58 Å². The van der Waals surface area contributed by atoms with Crippen LogP contribution in [0.2, 0.25) is 0 Å². The Morgan fingerprint density at radius 2 is 1.96 bits per heavy atom. The number of hydrogen-bond donors (Lipinski definition) is 0. The molecule has 23 heavy (non-hydrogen) atoms. The van der Waals surface area contributed by atoms with Gasteiger partial charge in [0.2, 0.25) is 6.79 Å². The van der Waals surface area contributed by atoms with Crippen molar-refractivity contribution >= 4 is 5.97 Å². The van der Waals surface area contributed by atoms with Crippen LogP contribution in [-0.4, -0.2) is 12.8 Å². The van der Waals surface area contributed by atoms with Crippen LogP contribution in [0.3, 0.4) is 0 Å². The zero-order valence-electron chi connectivity index (χ0n) is 12.7. The molecule has 0 saturated heterocycles. The quantitative estimate of drug-likeness (QED) is 0.601. The zero-order valence-corrected chi connectivity index (χ0v) is 12.7. The Bertz CT molecular complexity index is 694. The Hall–Kier alpha value is -2.75. The van der Waals surface area contributed by atoms with E-state index in [0.29, 0.717) is 17.9 Å². The number of esters is 1. The van der Waals surface area contributed by atoms with Gasteiger partial charge in [0, 0.05) is 6.42 Å². The standard InChI is InChI=1S/C19H18O4/c1-2-6-16(15-9-10-17-18(12-15)22-13-21-17)23-19(20)11-14-7-4-3-5-8-14/h2-5,7-10,12,16H,1,6,11,13H2. The highest BCUT2D eigenvalue weighted by Gasteiger charge is 2.20. The molecule has 4 nitrogen and oxygen atoms in total. The largest absolute Gasteiger partial charge is 0.457 e. The summed E-state index contributed by atoms with van der Waals surface area (Å²) >= 11 is 0. The highest BCUT2D eigenvalue weighted by atomic mass is 16.7. The number of benzene rings is 2. The lowest BCUT2D eigenvalue weighted by Crippen LogP contribution is -2.13. The van der Waals surface area contributed by atoms with Crippen LogP contribution in [0.5, 0.6) is 11.5 Å². The van der Waals surface area contributed by atoms with Gasteiger partial charge in [0.1, 0.15) is 6.10 Å². The first-order valence-electron chi connectivity index (χ1n) is 7.50. The fourth-order valence-electron chi connectivity index (χ4n) is 2.48. The van der Waals surface area contributed by atoms with Crippen molar-refractivity contribution in [2.75, 3.05) is 6.79 Å². The normalized spacial score (nSPS) is 13.4. The fourth-order valence-corrected chi connectivity index (χ4v) is 2.48. The van der Waals surface area contributed by atoms with Crippen LogP contribution >= 0.6 is 0 Å². The van der Waals surface area contributed by atoms with E-state index in [4.69, 9.17) is 14.2 Å². The smallest absolute Gasteiger partial charge is 0.310 e. The summed E-state index contributed by atoms with van der Waals surface area (Å²) in [4.78, 5) is 12.2. The van der Waals surface area contributed by atoms with E-state index in [1.54, 1.807) is 6.08 Å². The minimum Gasteiger partial charge on any atom is -0.457 e. The van der Waals surface area contributed by atoms with E-state index >= 15 is 0 Å². The summed E-state index contributed by atoms with van der Waals surface area (Å²) in [6, 6.07) is 15.1. The number of fused-ring (bicyclic) bond motifs is 1. The van der Waals surface area contributed by atoms with Crippen LogP contribution in [0, 0.1) is 0 Å². The summed E-state index contributed by atoms with van der Waals surface area (Å²) in [5, 5.41) is 0.